The van der Waals surface area contributed by atoms with E-state index in [-0.39, 0.29) is 5.78 Å². The summed E-state index contributed by atoms with van der Waals surface area (Å²) in [6.45, 7) is 0.824. The minimum absolute atomic E-state index is 0.0481. The SMILES string of the molecule is O=C1C2=CC(=C3C=CN(Cc4ccccc4)C=C3)C=CN2C(c2ccccc2)=C1c1ccccc1. The van der Waals surface area contributed by atoms with Crippen molar-refractivity contribution in [2.75, 3.05) is 0 Å². The molecule has 0 atom stereocenters. The predicted molar refractivity (Wildman–Crippen MR) is 141 cm³/mol. The third-order valence-corrected chi connectivity index (χ3v) is 6.43. The molecule has 0 N–H and O–H groups in total. The number of Topliss-reactive ketones (excluding diaryl/α,β-unsaturated/α-hetero) is 1. The highest BCUT2D eigenvalue weighted by Gasteiger charge is 2.36. The van der Waals surface area contributed by atoms with E-state index in [1.54, 1.807) is 0 Å². The monoisotopic (exact) mass is 452 g/mol. The Bertz CT molecular complexity index is 1440. The Morgan fingerprint density at radius 2 is 1.17 bits per heavy atom. The van der Waals surface area contributed by atoms with Crippen molar-refractivity contribution in [3.63, 3.8) is 0 Å². The number of rotatable bonds is 4. The zero-order chi connectivity index (χ0) is 23.6. The fourth-order valence-electron chi connectivity index (χ4n) is 4.71. The van der Waals surface area contributed by atoms with Crippen molar-refractivity contribution in [1.82, 2.24) is 9.80 Å². The maximum absolute atomic E-state index is 13.7. The van der Waals surface area contributed by atoms with Crippen molar-refractivity contribution >= 4 is 17.1 Å². The number of carbonyl (C=O) groups is 1. The van der Waals surface area contributed by atoms with Crippen molar-refractivity contribution in [1.29, 1.82) is 0 Å². The van der Waals surface area contributed by atoms with E-state index in [1.165, 1.54) is 5.56 Å². The third kappa shape index (κ3) is 3.98. The van der Waals surface area contributed by atoms with Gasteiger partial charge >= 0.3 is 0 Å². The van der Waals surface area contributed by atoms with Crippen molar-refractivity contribution in [3.8, 4) is 0 Å². The minimum Gasteiger partial charge on any atom is -0.350 e. The summed E-state index contributed by atoms with van der Waals surface area (Å²) in [6, 6.07) is 30.5. The van der Waals surface area contributed by atoms with E-state index in [0.717, 1.165) is 40.1 Å². The van der Waals surface area contributed by atoms with Gasteiger partial charge in [-0.15, -0.1) is 0 Å². The van der Waals surface area contributed by atoms with Crippen molar-refractivity contribution < 1.29 is 4.79 Å². The third-order valence-electron chi connectivity index (χ3n) is 6.43. The summed E-state index contributed by atoms with van der Waals surface area (Å²) in [6.07, 6.45) is 14.5. The molecule has 3 aromatic rings. The predicted octanol–water partition coefficient (Wildman–Crippen LogP) is 6.69. The molecule has 0 aromatic heterocycles. The summed E-state index contributed by atoms with van der Waals surface area (Å²) in [5.41, 5.74) is 7.68. The number of allylic oxidation sites excluding steroid dienone is 7. The summed E-state index contributed by atoms with van der Waals surface area (Å²) < 4.78 is 0. The average molecular weight is 453 g/mol. The lowest BCUT2D eigenvalue weighted by molar-refractivity contribution is -0.110. The normalized spacial score (nSPS) is 16.8. The van der Waals surface area contributed by atoms with Crippen LogP contribution >= 0.6 is 0 Å². The number of fused-ring (bicyclic) bond motifs is 1. The van der Waals surface area contributed by atoms with Gasteiger partial charge in [0.15, 0.2) is 0 Å². The molecule has 168 valence electrons. The van der Waals surface area contributed by atoms with Gasteiger partial charge in [-0.1, -0.05) is 91.0 Å². The van der Waals surface area contributed by atoms with Gasteiger partial charge in [-0.2, -0.15) is 0 Å². The molecule has 3 heteroatoms. The van der Waals surface area contributed by atoms with Gasteiger partial charge < -0.3 is 9.80 Å². The minimum atomic E-state index is 0.0481. The van der Waals surface area contributed by atoms with Crippen molar-refractivity contribution in [2.24, 2.45) is 0 Å². The van der Waals surface area contributed by atoms with Gasteiger partial charge in [0.1, 0.15) is 0 Å². The standard InChI is InChI=1S/C32H24N2O/c35-32-29-22-28(25-16-19-33(20-17-25)23-24-10-4-1-5-11-24)18-21-34(29)31(27-14-8-3-9-15-27)30(32)26-12-6-2-7-13-26/h1-22H,23H2. The largest absolute Gasteiger partial charge is 0.350 e. The molecule has 0 fully saturated rings. The quantitative estimate of drug-likeness (QED) is 0.441. The van der Waals surface area contributed by atoms with Crippen molar-refractivity contribution in [2.45, 2.75) is 6.54 Å². The van der Waals surface area contributed by atoms with Crippen molar-refractivity contribution in [3.05, 3.63) is 167 Å². The van der Waals surface area contributed by atoms with Gasteiger partial charge in [-0.05, 0) is 52.1 Å². The van der Waals surface area contributed by atoms with Crippen LogP contribution in [0, 0.1) is 0 Å². The average Bonchev–Trinajstić information content (AvgIpc) is 3.22. The lowest BCUT2D eigenvalue weighted by atomic mass is 9.97. The van der Waals surface area contributed by atoms with E-state index < -0.39 is 0 Å². The maximum atomic E-state index is 13.7. The van der Waals surface area contributed by atoms with E-state index in [1.807, 2.05) is 71.8 Å². The van der Waals surface area contributed by atoms with Gasteiger partial charge in [-0.25, -0.2) is 0 Å². The van der Waals surface area contributed by atoms with Crippen LogP contribution < -0.4 is 0 Å². The van der Waals surface area contributed by atoms with Gasteiger partial charge in [0.2, 0.25) is 5.78 Å². The molecule has 6 rings (SSSR count). The lowest BCUT2D eigenvalue weighted by Crippen LogP contribution is -2.16. The van der Waals surface area contributed by atoms with E-state index in [0.29, 0.717) is 5.70 Å². The Kier molecular flexibility index (Phi) is 5.36. The number of benzene rings is 3. The number of hydrogen-bond acceptors (Lipinski definition) is 3. The zero-order valence-electron chi connectivity index (χ0n) is 19.2. The van der Waals surface area contributed by atoms with Gasteiger partial charge in [0, 0.05) is 25.1 Å². The van der Waals surface area contributed by atoms with Crippen LogP contribution in [0.3, 0.4) is 0 Å². The van der Waals surface area contributed by atoms with Gasteiger partial charge in [-0.3, -0.25) is 4.79 Å². The van der Waals surface area contributed by atoms with Crippen LogP contribution in [0.15, 0.2) is 151 Å². The van der Waals surface area contributed by atoms with E-state index in [4.69, 9.17) is 0 Å². The molecular weight excluding hydrogens is 428 g/mol. The number of carbonyl (C=O) groups excluding carboxylic acids is 1. The Hall–Kier alpha value is -4.63. The summed E-state index contributed by atoms with van der Waals surface area (Å²) in [5.74, 6) is 0.0481. The van der Waals surface area contributed by atoms with Gasteiger partial charge in [0.25, 0.3) is 0 Å². The van der Waals surface area contributed by atoms with Crippen LogP contribution in [-0.4, -0.2) is 15.6 Å². The molecule has 3 aliphatic heterocycles. The molecule has 0 amide bonds. The Morgan fingerprint density at radius 3 is 1.83 bits per heavy atom. The summed E-state index contributed by atoms with van der Waals surface area (Å²) >= 11 is 0. The van der Waals surface area contributed by atoms with Crippen LogP contribution in [0.5, 0.6) is 0 Å². The Morgan fingerprint density at radius 1 is 0.600 bits per heavy atom. The van der Waals surface area contributed by atoms with E-state index in [9.17, 15) is 4.79 Å². The Labute approximate surface area is 205 Å². The second kappa shape index (κ2) is 8.96. The zero-order valence-corrected chi connectivity index (χ0v) is 19.2. The first-order valence-electron chi connectivity index (χ1n) is 11.8. The molecule has 3 heterocycles. The molecular formula is C32H24N2O. The number of nitrogens with zero attached hydrogens (tertiary/aromatic N) is 2. The van der Waals surface area contributed by atoms with Crippen LogP contribution in [0.25, 0.3) is 11.3 Å². The second-order valence-corrected chi connectivity index (χ2v) is 8.70. The Balaban J connectivity index is 1.34. The molecule has 0 aliphatic carbocycles. The summed E-state index contributed by atoms with van der Waals surface area (Å²) in [5, 5.41) is 0. The maximum Gasteiger partial charge on any atom is 0.212 e. The molecule has 0 saturated heterocycles. The molecule has 3 nitrogen and oxygen atoms in total. The van der Waals surface area contributed by atoms with E-state index >= 15 is 0 Å². The summed E-state index contributed by atoms with van der Waals surface area (Å²) in [7, 11) is 0. The molecule has 0 radical (unpaired) electrons. The first-order chi connectivity index (χ1) is 17.3. The van der Waals surface area contributed by atoms with Crippen LogP contribution in [0.1, 0.15) is 16.7 Å². The van der Waals surface area contributed by atoms with Crippen LogP contribution in [0.2, 0.25) is 0 Å². The molecule has 0 spiro atoms. The highest BCUT2D eigenvalue weighted by Crippen LogP contribution is 2.43. The number of ketones is 1. The first kappa shape index (κ1) is 20.9. The first-order valence-corrected chi connectivity index (χ1v) is 11.8. The molecule has 0 saturated carbocycles. The number of hydrogen-bond donors (Lipinski definition) is 0. The molecule has 0 bridgehead atoms. The van der Waals surface area contributed by atoms with Crippen LogP contribution in [0.4, 0.5) is 0 Å². The molecule has 3 aliphatic rings. The molecule has 3 aromatic carbocycles. The molecule has 0 unspecified atom stereocenters. The second-order valence-electron chi connectivity index (χ2n) is 8.70. The van der Waals surface area contributed by atoms with E-state index in [2.05, 4.69) is 71.9 Å². The fraction of sp³-hybridized carbons (Fsp3) is 0.0312. The highest BCUT2D eigenvalue weighted by atomic mass is 16.1. The topological polar surface area (TPSA) is 23.6 Å². The van der Waals surface area contributed by atoms with Gasteiger partial charge in [0.05, 0.1) is 17.0 Å². The fourth-order valence-corrected chi connectivity index (χ4v) is 4.71. The highest BCUT2D eigenvalue weighted by molar-refractivity contribution is 6.38. The lowest BCUT2D eigenvalue weighted by Gasteiger charge is -2.24. The smallest absolute Gasteiger partial charge is 0.212 e. The molecule has 35 heavy (non-hydrogen) atoms. The summed E-state index contributed by atoms with van der Waals surface area (Å²) in [4.78, 5) is 17.9. The van der Waals surface area contributed by atoms with Crippen LogP contribution in [-0.2, 0) is 11.3 Å².